The summed E-state index contributed by atoms with van der Waals surface area (Å²) in [6.07, 6.45) is 0. The quantitative estimate of drug-likeness (QED) is 0.419. The number of ether oxygens (including phenoxy) is 3. The second-order valence-corrected chi connectivity index (χ2v) is 5.30. The fraction of sp³-hybridized carbons (Fsp3) is 0.176. The molecule has 0 atom stereocenters. The number of nitrogens with zero attached hydrogens (tertiary/aromatic N) is 3. The highest BCUT2D eigenvalue weighted by Gasteiger charge is 2.15. The maximum Gasteiger partial charge on any atom is 0.387 e. The molecule has 0 fully saturated rings. The summed E-state index contributed by atoms with van der Waals surface area (Å²) in [6, 6.07) is 9.84. The van der Waals surface area contributed by atoms with Crippen molar-refractivity contribution in [2.45, 2.75) is 13.2 Å². The number of methoxy groups -OCH3 is 1. The van der Waals surface area contributed by atoms with Gasteiger partial charge in [0, 0.05) is 11.6 Å². The van der Waals surface area contributed by atoms with E-state index in [0.29, 0.717) is 5.56 Å². The molecule has 28 heavy (non-hydrogen) atoms. The van der Waals surface area contributed by atoms with Gasteiger partial charge >= 0.3 is 6.61 Å². The van der Waals surface area contributed by atoms with Crippen molar-refractivity contribution in [2.75, 3.05) is 7.11 Å². The Bertz CT molecular complexity index is 979. The van der Waals surface area contributed by atoms with Crippen molar-refractivity contribution >= 4 is 5.69 Å². The fourth-order valence-electron chi connectivity index (χ4n) is 2.26. The zero-order chi connectivity index (χ0) is 20.1. The maximum atomic E-state index is 12.4. The summed E-state index contributed by atoms with van der Waals surface area (Å²) in [7, 11) is 1.31. The lowest BCUT2D eigenvalue weighted by Gasteiger charge is -2.10. The van der Waals surface area contributed by atoms with Crippen molar-refractivity contribution in [1.82, 2.24) is 10.1 Å². The minimum absolute atomic E-state index is 0.0806. The van der Waals surface area contributed by atoms with Crippen LogP contribution in [0.3, 0.4) is 0 Å². The van der Waals surface area contributed by atoms with Crippen LogP contribution in [0.25, 0.3) is 11.4 Å². The number of hydrogen-bond donors (Lipinski definition) is 0. The molecule has 146 valence electrons. The number of halogens is 2. The summed E-state index contributed by atoms with van der Waals surface area (Å²) >= 11 is 0. The zero-order valence-electron chi connectivity index (χ0n) is 14.4. The monoisotopic (exact) mass is 393 g/mol. The molecule has 0 saturated heterocycles. The number of nitro groups is 1. The van der Waals surface area contributed by atoms with Gasteiger partial charge in [0.1, 0.15) is 5.75 Å². The van der Waals surface area contributed by atoms with E-state index in [1.165, 1.54) is 43.5 Å². The van der Waals surface area contributed by atoms with Gasteiger partial charge in [-0.15, -0.1) is 0 Å². The lowest BCUT2D eigenvalue weighted by molar-refractivity contribution is -0.384. The van der Waals surface area contributed by atoms with Crippen LogP contribution in [0, 0.1) is 10.1 Å². The Balaban J connectivity index is 1.72. The Morgan fingerprint density at radius 3 is 2.75 bits per heavy atom. The molecule has 11 heteroatoms. The molecule has 0 radical (unpaired) electrons. The summed E-state index contributed by atoms with van der Waals surface area (Å²) < 4.78 is 44.6. The summed E-state index contributed by atoms with van der Waals surface area (Å²) in [5.41, 5.74) is 0.339. The van der Waals surface area contributed by atoms with Crippen LogP contribution in [0.4, 0.5) is 14.5 Å². The van der Waals surface area contributed by atoms with E-state index in [9.17, 15) is 18.9 Å². The largest absolute Gasteiger partial charge is 0.493 e. The average Bonchev–Trinajstić information content (AvgIpc) is 3.15. The van der Waals surface area contributed by atoms with E-state index in [1.807, 2.05) is 0 Å². The van der Waals surface area contributed by atoms with E-state index >= 15 is 0 Å². The molecular weight excluding hydrogens is 380 g/mol. The molecule has 1 aromatic heterocycles. The third-order valence-electron chi connectivity index (χ3n) is 3.50. The van der Waals surface area contributed by atoms with Gasteiger partial charge in [-0.3, -0.25) is 10.1 Å². The molecule has 0 aliphatic rings. The number of rotatable bonds is 8. The van der Waals surface area contributed by atoms with Crippen LogP contribution in [0.1, 0.15) is 5.89 Å². The molecule has 0 aliphatic heterocycles. The Hall–Kier alpha value is -3.76. The average molecular weight is 393 g/mol. The van der Waals surface area contributed by atoms with Gasteiger partial charge < -0.3 is 18.7 Å². The predicted octanol–water partition coefficient (Wildman–Crippen LogP) is 3.83. The Morgan fingerprint density at radius 1 is 1.21 bits per heavy atom. The lowest BCUT2D eigenvalue weighted by Crippen LogP contribution is -2.03. The van der Waals surface area contributed by atoms with Gasteiger partial charge in [-0.25, -0.2) is 0 Å². The molecule has 3 rings (SSSR count). The van der Waals surface area contributed by atoms with E-state index in [0.717, 1.165) is 0 Å². The van der Waals surface area contributed by atoms with Crippen molar-refractivity contribution in [3.8, 4) is 28.6 Å². The summed E-state index contributed by atoms with van der Waals surface area (Å²) in [4.78, 5) is 14.4. The molecule has 0 spiro atoms. The smallest absolute Gasteiger partial charge is 0.387 e. The summed E-state index contributed by atoms with van der Waals surface area (Å²) in [6.45, 7) is -3.10. The van der Waals surface area contributed by atoms with Crippen molar-refractivity contribution in [3.63, 3.8) is 0 Å². The fourth-order valence-corrected chi connectivity index (χ4v) is 2.26. The molecule has 1 heterocycles. The molecule has 0 bridgehead atoms. The standard InChI is InChI=1S/C17H13F2N3O6/c1-25-14-7-10(5-6-13(14)27-17(18)19)16-20-15(28-21-16)9-26-12-4-2-3-11(8-12)22(23)24/h2-8,17H,9H2,1H3. The number of hydrogen-bond acceptors (Lipinski definition) is 8. The molecule has 0 saturated carbocycles. The minimum Gasteiger partial charge on any atom is -0.493 e. The number of nitro benzene ring substituents is 1. The van der Waals surface area contributed by atoms with E-state index in [1.54, 1.807) is 6.07 Å². The lowest BCUT2D eigenvalue weighted by atomic mass is 10.2. The van der Waals surface area contributed by atoms with Gasteiger partial charge in [0.05, 0.1) is 18.1 Å². The van der Waals surface area contributed by atoms with Gasteiger partial charge in [0.2, 0.25) is 5.82 Å². The van der Waals surface area contributed by atoms with Crippen molar-refractivity contribution in [3.05, 3.63) is 58.5 Å². The molecule has 2 aromatic carbocycles. The Labute approximate surface area is 156 Å². The molecule has 0 aliphatic carbocycles. The van der Waals surface area contributed by atoms with Crippen LogP contribution >= 0.6 is 0 Å². The normalized spacial score (nSPS) is 10.7. The van der Waals surface area contributed by atoms with Crippen LogP contribution < -0.4 is 14.2 Å². The first-order chi connectivity index (χ1) is 13.5. The molecule has 0 amide bonds. The molecule has 0 N–H and O–H groups in total. The Morgan fingerprint density at radius 2 is 2.04 bits per heavy atom. The molecule has 9 nitrogen and oxygen atoms in total. The second-order valence-electron chi connectivity index (χ2n) is 5.30. The van der Waals surface area contributed by atoms with Crippen LogP contribution in [0.5, 0.6) is 17.2 Å². The van der Waals surface area contributed by atoms with Gasteiger partial charge in [-0.05, 0) is 24.3 Å². The summed E-state index contributed by atoms with van der Waals surface area (Å²) in [5.74, 6) is 0.521. The van der Waals surface area contributed by atoms with Crippen LogP contribution in [0.2, 0.25) is 0 Å². The van der Waals surface area contributed by atoms with Gasteiger partial charge in [0.15, 0.2) is 18.1 Å². The third-order valence-corrected chi connectivity index (χ3v) is 3.50. The van der Waals surface area contributed by atoms with Crippen LogP contribution in [0.15, 0.2) is 47.0 Å². The first-order valence-corrected chi connectivity index (χ1v) is 7.79. The minimum atomic E-state index is -2.98. The molecule has 0 unspecified atom stereocenters. The van der Waals surface area contributed by atoms with E-state index in [2.05, 4.69) is 14.9 Å². The number of alkyl halides is 2. The first-order valence-electron chi connectivity index (χ1n) is 7.79. The zero-order valence-corrected chi connectivity index (χ0v) is 14.4. The van der Waals surface area contributed by atoms with Gasteiger partial charge in [-0.1, -0.05) is 11.2 Å². The molecular formula is C17H13F2N3O6. The first kappa shape index (κ1) is 19.0. The van der Waals surface area contributed by atoms with E-state index < -0.39 is 11.5 Å². The third kappa shape index (κ3) is 4.50. The number of non-ortho nitro benzene ring substituents is 1. The maximum absolute atomic E-state index is 12.4. The van der Waals surface area contributed by atoms with Crippen molar-refractivity contribution in [1.29, 1.82) is 0 Å². The van der Waals surface area contributed by atoms with Gasteiger partial charge in [0.25, 0.3) is 11.6 Å². The van der Waals surface area contributed by atoms with E-state index in [4.69, 9.17) is 14.0 Å². The topological polar surface area (TPSA) is 110 Å². The highest BCUT2D eigenvalue weighted by Crippen LogP contribution is 2.32. The SMILES string of the molecule is COc1cc(-c2noc(COc3cccc([N+](=O)[O-])c3)n2)ccc1OC(F)F. The van der Waals surface area contributed by atoms with Crippen molar-refractivity contribution < 1.29 is 32.4 Å². The molecule has 3 aromatic rings. The summed E-state index contributed by atoms with van der Waals surface area (Å²) in [5, 5.41) is 14.6. The number of aromatic nitrogens is 2. The van der Waals surface area contributed by atoms with E-state index in [-0.39, 0.29) is 41.3 Å². The van der Waals surface area contributed by atoms with Crippen LogP contribution in [-0.4, -0.2) is 28.8 Å². The van der Waals surface area contributed by atoms with Crippen LogP contribution in [-0.2, 0) is 6.61 Å². The predicted molar refractivity (Wildman–Crippen MR) is 90.3 cm³/mol. The highest BCUT2D eigenvalue weighted by atomic mass is 19.3. The van der Waals surface area contributed by atoms with Crippen molar-refractivity contribution in [2.24, 2.45) is 0 Å². The highest BCUT2D eigenvalue weighted by molar-refractivity contribution is 5.60. The number of benzene rings is 2. The Kier molecular flexibility index (Phi) is 5.63. The van der Waals surface area contributed by atoms with Gasteiger partial charge in [-0.2, -0.15) is 13.8 Å². The second kappa shape index (κ2) is 8.29.